The molecular weight excluding hydrogens is 881 g/mol. The van der Waals surface area contributed by atoms with Crippen molar-refractivity contribution in [2.75, 3.05) is 19.8 Å². The molecule has 0 aromatic carbocycles. The Labute approximate surface area is 393 Å². The molecule has 1 unspecified atom stereocenters. The Kier molecular flexibility index (Phi) is 15.6. The summed E-state index contributed by atoms with van der Waals surface area (Å²) in [6, 6.07) is 0. The summed E-state index contributed by atoms with van der Waals surface area (Å²) in [4.78, 5) is 0. The van der Waals surface area contributed by atoms with Gasteiger partial charge in [-0.25, -0.2) is 0 Å². The molecule has 4 aliphatic carbocycles. The number of aliphatic hydroxyl groups is 13. The highest BCUT2D eigenvalue weighted by Crippen LogP contribution is 2.76. The van der Waals surface area contributed by atoms with E-state index in [1.54, 1.807) is 19.9 Å². The van der Waals surface area contributed by atoms with E-state index in [4.69, 9.17) is 28.4 Å². The van der Waals surface area contributed by atoms with Crippen molar-refractivity contribution in [1.82, 2.24) is 0 Å². The summed E-state index contributed by atoms with van der Waals surface area (Å²) < 4.78 is 37.1. The Hall–Kier alpha value is -1.02. The SMILES string of the molecule is CC(C)(O)/C=C/CC(C)(O[C@@H]1O[C@H](CO)[C@@H](O)[C@H](O)[C@H]1O)[C@H]1CC[C@]2(C)[C@@H]1[C@H](O)C[C@@H]1[C@@]3(C)CC[C@H](O[C@@H]4O[C@H](CO)[C@@H](O)[C@H](O)[C@H]4O[C@@H]4O[C@H](CO)[C@@H](O)[C@H](O)[C@H]4O)C(C)(C)[C@@H]3CC[C@]12C. The van der Waals surface area contributed by atoms with Crippen LogP contribution in [0, 0.1) is 45.3 Å². The zero-order valence-corrected chi connectivity index (χ0v) is 40.3. The lowest BCUT2D eigenvalue weighted by Gasteiger charge is -2.71. The van der Waals surface area contributed by atoms with Crippen molar-refractivity contribution in [3.63, 3.8) is 0 Å². The summed E-state index contributed by atoms with van der Waals surface area (Å²) >= 11 is 0. The van der Waals surface area contributed by atoms with E-state index >= 15 is 0 Å². The van der Waals surface area contributed by atoms with Gasteiger partial charge in [0.05, 0.1) is 43.2 Å². The molecule has 3 saturated heterocycles. The van der Waals surface area contributed by atoms with E-state index in [1.807, 2.05) is 13.0 Å². The van der Waals surface area contributed by atoms with Gasteiger partial charge in [0.25, 0.3) is 0 Å². The van der Waals surface area contributed by atoms with Crippen LogP contribution < -0.4 is 0 Å². The Morgan fingerprint density at radius 1 is 0.582 bits per heavy atom. The minimum atomic E-state index is -1.80. The second-order valence-electron chi connectivity index (χ2n) is 23.3. The normalized spacial score (nSPS) is 52.3. The number of fused-ring (bicyclic) bond motifs is 5. The lowest BCUT2D eigenvalue weighted by molar-refractivity contribution is -0.378. The molecule has 7 aliphatic rings. The van der Waals surface area contributed by atoms with Crippen LogP contribution in [0.4, 0.5) is 0 Å². The summed E-state index contributed by atoms with van der Waals surface area (Å²) in [5, 5.41) is 139. The van der Waals surface area contributed by atoms with Crippen LogP contribution >= 0.6 is 0 Å². The first-order valence-corrected chi connectivity index (χ1v) is 24.4. The van der Waals surface area contributed by atoms with Crippen molar-refractivity contribution < 1.29 is 94.8 Å². The highest BCUT2D eigenvalue weighted by Gasteiger charge is 2.72. The lowest BCUT2D eigenvalue weighted by atomic mass is 9.35. The Bertz CT molecular complexity index is 1710. The molecule has 19 heteroatoms. The van der Waals surface area contributed by atoms with Crippen molar-refractivity contribution >= 4 is 0 Å². The highest BCUT2D eigenvalue weighted by molar-refractivity contribution is 5.21. The summed E-state index contributed by atoms with van der Waals surface area (Å²) in [6.07, 6.45) is -15.8. The van der Waals surface area contributed by atoms with Crippen LogP contribution in [0.15, 0.2) is 12.2 Å². The Balaban J connectivity index is 1.14. The molecule has 67 heavy (non-hydrogen) atoms. The number of hydrogen-bond donors (Lipinski definition) is 13. The third-order valence-electron chi connectivity index (χ3n) is 18.7. The zero-order chi connectivity index (χ0) is 49.6. The third-order valence-corrected chi connectivity index (χ3v) is 18.7. The molecule has 0 aromatic rings. The van der Waals surface area contributed by atoms with E-state index in [-0.39, 0.29) is 40.9 Å². The fourth-order valence-electron chi connectivity index (χ4n) is 14.8. The Morgan fingerprint density at radius 2 is 1.10 bits per heavy atom. The summed E-state index contributed by atoms with van der Waals surface area (Å²) in [7, 11) is 0. The maximum atomic E-state index is 12.7. The fraction of sp³-hybridized carbons (Fsp3) is 0.958. The van der Waals surface area contributed by atoms with Crippen molar-refractivity contribution in [3.8, 4) is 0 Å². The van der Waals surface area contributed by atoms with Crippen LogP contribution in [0.1, 0.15) is 107 Å². The zero-order valence-electron chi connectivity index (χ0n) is 40.3. The standard InChI is InChI=1S/C48H82O19/c1-43(2,61)13-9-14-48(8,67-41-38(60)35(57)32(54)25(20-50)63-41)22-10-16-47(7)30(22)23(52)18-28-45(5)15-12-29(44(3,4)27(45)11-17-46(28,47)6)65-42-39(36(58)33(55)26(21-51)64-42)66-40-37(59)34(56)31(53)24(19-49)62-40/h9,13,22-42,49-61H,10-12,14-21H2,1-8H3/b13-9+/t22-,23+,24+,25+,26+,27-,28+,29-,30-,31+,32+,33+,34-,35-,36-,37+,38+,39+,40-,41-,42-,45-,46+,47+,48?/m0/s1. The first-order valence-electron chi connectivity index (χ1n) is 24.4. The molecule has 388 valence electrons. The minimum absolute atomic E-state index is 0.0608. The number of hydrogen-bond acceptors (Lipinski definition) is 19. The average molecular weight is 963 g/mol. The Morgan fingerprint density at radius 3 is 1.67 bits per heavy atom. The number of ether oxygens (including phenoxy) is 6. The second-order valence-corrected chi connectivity index (χ2v) is 23.3. The van der Waals surface area contributed by atoms with Gasteiger partial charge in [-0.05, 0) is 117 Å². The van der Waals surface area contributed by atoms with Crippen molar-refractivity contribution in [1.29, 1.82) is 0 Å². The monoisotopic (exact) mass is 963 g/mol. The van der Waals surface area contributed by atoms with E-state index in [2.05, 4.69) is 34.6 Å². The molecule has 3 aliphatic heterocycles. The first kappa shape index (κ1) is 53.8. The molecule has 0 bridgehead atoms. The molecule has 7 fully saturated rings. The van der Waals surface area contributed by atoms with E-state index < -0.39 is 146 Å². The van der Waals surface area contributed by atoms with E-state index in [1.165, 1.54) is 0 Å². The quantitative estimate of drug-likeness (QED) is 0.0773. The van der Waals surface area contributed by atoms with Gasteiger partial charge in [0.1, 0.15) is 73.2 Å². The molecule has 0 amide bonds. The first-order chi connectivity index (χ1) is 31.1. The molecule has 19 nitrogen and oxygen atoms in total. The van der Waals surface area contributed by atoms with Gasteiger partial charge in [-0.15, -0.1) is 0 Å². The maximum absolute atomic E-state index is 12.7. The minimum Gasteiger partial charge on any atom is -0.394 e. The van der Waals surface area contributed by atoms with Crippen LogP contribution in [0.3, 0.4) is 0 Å². The molecule has 13 N–H and O–H groups in total. The predicted octanol–water partition coefficient (Wildman–Crippen LogP) is -1.06. The summed E-state index contributed by atoms with van der Waals surface area (Å²) in [5.41, 5.74) is -3.75. The predicted molar refractivity (Wildman–Crippen MR) is 235 cm³/mol. The number of rotatable bonds is 13. The average Bonchev–Trinajstić information content (AvgIpc) is 3.65. The van der Waals surface area contributed by atoms with Gasteiger partial charge < -0.3 is 94.8 Å². The maximum Gasteiger partial charge on any atom is 0.187 e. The van der Waals surface area contributed by atoms with Crippen molar-refractivity contribution in [2.45, 2.75) is 222 Å². The molecule has 3 heterocycles. The van der Waals surface area contributed by atoms with E-state index in [9.17, 15) is 66.4 Å². The molecule has 0 spiro atoms. The van der Waals surface area contributed by atoms with Gasteiger partial charge in [0.2, 0.25) is 0 Å². The van der Waals surface area contributed by atoms with Gasteiger partial charge in [-0.3, -0.25) is 0 Å². The molecule has 4 saturated carbocycles. The molecular formula is C48H82O19. The van der Waals surface area contributed by atoms with Gasteiger partial charge in [0, 0.05) is 0 Å². The van der Waals surface area contributed by atoms with Crippen LogP contribution in [-0.4, -0.2) is 202 Å². The van der Waals surface area contributed by atoms with Crippen molar-refractivity contribution in [3.05, 3.63) is 12.2 Å². The van der Waals surface area contributed by atoms with Gasteiger partial charge in [-0.1, -0.05) is 46.8 Å². The number of aliphatic hydroxyl groups excluding tert-OH is 12. The molecule has 7 rings (SSSR count). The van der Waals surface area contributed by atoms with E-state index in [0.717, 1.165) is 19.3 Å². The van der Waals surface area contributed by atoms with Gasteiger partial charge in [0.15, 0.2) is 18.9 Å². The van der Waals surface area contributed by atoms with Crippen molar-refractivity contribution in [2.24, 2.45) is 45.3 Å². The van der Waals surface area contributed by atoms with Gasteiger partial charge >= 0.3 is 0 Å². The molecule has 25 atom stereocenters. The van der Waals surface area contributed by atoms with Crippen LogP contribution in [0.2, 0.25) is 0 Å². The van der Waals surface area contributed by atoms with Crippen LogP contribution in [-0.2, 0) is 28.4 Å². The van der Waals surface area contributed by atoms with Crippen LogP contribution in [0.5, 0.6) is 0 Å². The summed E-state index contributed by atoms with van der Waals surface area (Å²) in [5.74, 6) is -0.422. The topological polar surface area (TPSA) is 318 Å². The van der Waals surface area contributed by atoms with Crippen LogP contribution in [0.25, 0.3) is 0 Å². The lowest BCUT2D eigenvalue weighted by Crippen LogP contribution is -2.68. The summed E-state index contributed by atoms with van der Waals surface area (Å²) in [6.45, 7) is 14.5. The molecule has 0 aromatic heterocycles. The highest BCUT2D eigenvalue weighted by atomic mass is 16.8. The fourth-order valence-corrected chi connectivity index (χ4v) is 14.8. The smallest absolute Gasteiger partial charge is 0.187 e. The largest absolute Gasteiger partial charge is 0.394 e. The van der Waals surface area contributed by atoms with E-state index in [0.29, 0.717) is 25.7 Å². The second kappa shape index (κ2) is 19.4. The van der Waals surface area contributed by atoms with Gasteiger partial charge in [-0.2, -0.15) is 0 Å². The molecule has 0 radical (unpaired) electrons. The third kappa shape index (κ3) is 9.24.